The van der Waals surface area contributed by atoms with Crippen molar-refractivity contribution >= 4 is 31.3 Å². The van der Waals surface area contributed by atoms with Crippen LogP contribution in [-0.2, 0) is 15.9 Å². The summed E-state index contributed by atoms with van der Waals surface area (Å²) in [5.74, 6) is 0. The summed E-state index contributed by atoms with van der Waals surface area (Å²) in [7, 11) is -1.51. The molecule has 0 bridgehead atoms. The maximum Gasteiger partial charge on any atom is 0.0773 e. The van der Waals surface area contributed by atoms with Crippen molar-refractivity contribution in [2.45, 2.75) is 115 Å². The molecule has 0 aliphatic carbocycles. The van der Waals surface area contributed by atoms with Crippen molar-refractivity contribution < 1.29 is 9.47 Å². The lowest BCUT2D eigenvalue weighted by molar-refractivity contribution is -0.00303. The number of hydrogen-bond donors (Lipinski definition) is 0. The van der Waals surface area contributed by atoms with Crippen molar-refractivity contribution in [1.82, 2.24) is 0 Å². The topological polar surface area (TPSA) is 18.5 Å². The van der Waals surface area contributed by atoms with Crippen LogP contribution >= 0.6 is 23.2 Å². The monoisotopic (exact) mass is 522 g/mol. The van der Waals surface area contributed by atoms with Crippen LogP contribution in [0.3, 0.4) is 0 Å². The molecule has 0 N–H and O–H groups in total. The molecule has 3 rings (SSSR count). The highest BCUT2D eigenvalue weighted by molar-refractivity contribution is 6.84. The first-order valence-electron chi connectivity index (χ1n) is 13.4. The van der Waals surface area contributed by atoms with E-state index in [4.69, 9.17) is 32.7 Å². The maximum atomic E-state index is 6.91. The quantitative estimate of drug-likeness (QED) is 0.190. The zero-order valence-electron chi connectivity index (χ0n) is 21.5. The first-order valence-corrected chi connectivity index (χ1v) is 17.6. The molecule has 0 amide bonds. The van der Waals surface area contributed by atoms with Gasteiger partial charge in [0.05, 0.1) is 33.0 Å². The first-order chi connectivity index (χ1) is 16.3. The van der Waals surface area contributed by atoms with Gasteiger partial charge in [-0.3, -0.25) is 0 Å². The van der Waals surface area contributed by atoms with E-state index in [2.05, 4.69) is 56.0 Å². The Labute approximate surface area is 219 Å². The Morgan fingerprint density at radius 2 is 1.53 bits per heavy atom. The first kappa shape index (κ1) is 28.0. The van der Waals surface area contributed by atoms with Gasteiger partial charge in [0.25, 0.3) is 0 Å². The standard InChI is InChI=1S/C29H44Cl2O2Si/c1-34(2,3)29-27(31)22-26(20-23-14-10-9-11-15-23)33-28(29)17-13-8-6-4-5-7-12-16-25-21-24(30)18-19-32-25/h9-11,14-15,21,25-26,28H,4-8,12-13,16-20,22H2,1-3H3/t25?,26-,28+/m0/s1. The van der Waals surface area contributed by atoms with Gasteiger partial charge < -0.3 is 9.47 Å². The molecule has 34 heavy (non-hydrogen) atoms. The Morgan fingerprint density at radius 3 is 2.18 bits per heavy atom. The second-order valence-electron chi connectivity index (χ2n) is 11.0. The molecule has 5 heteroatoms. The zero-order valence-corrected chi connectivity index (χ0v) is 24.0. The molecule has 0 saturated heterocycles. The van der Waals surface area contributed by atoms with Crippen molar-refractivity contribution in [1.29, 1.82) is 0 Å². The number of hydrogen-bond acceptors (Lipinski definition) is 2. The van der Waals surface area contributed by atoms with Gasteiger partial charge >= 0.3 is 0 Å². The highest BCUT2D eigenvalue weighted by atomic mass is 35.5. The van der Waals surface area contributed by atoms with Crippen molar-refractivity contribution in [3.8, 4) is 0 Å². The summed E-state index contributed by atoms with van der Waals surface area (Å²) < 4.78 is 12.5. The van der Waals surface area contributed by atoms with Gasteiger partial charge in [-0.2, -0.15) is 0 Å². The molecule has 2 heterocycles. The Balaban J connectivity index is 1.36. The summed E-state index contributed by atoms with van der Waals surface area (Å²) in [6.45, 7) is 7.99. The number of ether oxygens (including phenoxy) is 2. The fourth-order valence-corrected chi connectivity index (χ4v) is 8.76. The molecule has 0 spiro atoms. The molecule has 2 aliphatic rings. The summed E-state index contributed by atoms with van der Waals surface area (Å²) in [5, 5.41) is 3.52. The van der Waals surface area contributed by atoms with E-state index in [9.17, 15) is 0 Å². The van der Waals surface area contributed by atoms with Crippen LogP contribution in [0.2, 0.25) is 19.6 Å². The van der Waals surface area contributed by atoms with E-state index in [1.54, 1.807) is 0 Å². The predicted octanol–water partition coefficient (Wildman–Crippen LogP) is 9.18. The molecule has 3 atom stereocenters. The van der Waals surface area contributed by atoms with Gasteiger partial charge in [0, 0.05) is 22.9 Å². The largest absolute Gasteiger partial charge is 0.374 e. The predicted molar refractivity (Wildman–Crippen MR) is 149 cm³/mol. The minimum absolute atomic E-state index is 0.192. The molecular formula is C29H44Cl2O2Si. The molecule has 190 valence electrons. The average molecular weight is 524 g/mol. The minimum atomic E-state index is -1.51. The van der Waals surface area contributed by atoms with Gasteiger partial charge in [-0.15, -0.1) is 0 Å². The summed E-state index contributed by atoms with van der Waals surface area (Å²) in [6.07, 6.45) is 16.6. The second-order valence-corrected chi connectivity index (χ2v) is 17.0. The van der Waals surface area contributed by atoms with E-state index in [1.807, 2.05) is 0 Å². The third-order valence-corrected chi connectivity index (χ3v) is 10.1. The van der Waals surface area contributed by atoms with Crippen LogP contribution in [0.15, 0.2) is 51.7 Å². The average Bonchev–Trinajstić information content (AvgIpc) is 2.77. The van der Waals surface area contributed by atoms with Crippen LogP contribution in [0.5, 0.6) is 0 Å². The van der Waals surface area contributed by atoms with Gasteiger partial charge in [-0.05, 0) is 36.1 Å². The maximum absolute atomic E-state index is 6.91. The Hall–Kier alpha value is -0.583. The smallest absolute Gasteiger partial charge is 0.0773 e. The van der Waals surface area contributed by atoms with E-state index in [0.717, 1.165) is 48.8 Å². The molecule has 0 aromatic heterocycles. The van der Waals surface area contributed by atoms with E-state index in [-0.39, 0.29) is 18.3 Å². The summed E-state index contributed by atoms with van der Waals surface area (Å²) >= 11 is 13.0. The fourth-order valence-electron chi connectivity index (χ4n) is 5.30. The van der Waals surface area contributed by atoms with Crippen LogP contribution in [0.25, 0.3) is 0 Å². The van der Waals surface area contributed by atoms with Gasteiger partial charge in [0.15, 0.2) is 0 Å². The number of unbranched alkanes of at least 4 members (excludes halogenated alkanes) is 6. The van der Waals surface area contributed by atoms with E-state index in [1.165, 1.54) is 55.7 Å². The van der Waals surface area contributed by atoms with Crippen LogP contribution in [-0.4, -0.2) is 33.0 Å². The van der Waals surface area contributed by atoms with Crippen LogP contribution in [0, 0.1) is 0 Å². The van der Waals surface area contributed by atoms with Gasteiger partial charge in [-0.25, -0.2) is 0 Å². The van der Waals surface area contributed by atoms with Crippen LogP contribution in [0.1, 0.15) is 76.2 Å². The zero-order chi connectivity index (χ0) is 24.4. The van der Waals surface area contributed by atoms with E-state index in [0.29, 0.717) is 0 Å². The SMILES string of the molecule is C[Si](C)(C)C1=C(Cl)C[C@H](Cc2ccccc2)O[C@@H]1CCCCCCCCCC1C=C(Cl)CCO1. The molecule has 0 fully saturated rings. The highest BCUT2D eigenvalue weighted by Gasteiger charge is 2.36. The van der Waals surface area contributed by atoms with Crippen molar-refractivity contribution in [2.75, 3.05) is 6.61 Å². The number of halogens is 2. The molecule has 1 unspecified atom stereocenters. The lowest BCUT2D eigenvalue weighted by Crippen LogP contribution is -2.40. The van der Waals surface area contributed by atoms with Crippen molar-refractivity contribution in [3.05, 3.63) is 57.2 Å². The van der Waals surface area contributed by atoms with E-state index < -0.39 is 8.07 Å². The summed E-state index contributed by atoms with van der Waals surface area (Å²) in [4.78, 5) is 0. The summed E-state index contributed by atoms with van der Waals surface area (Å²) in [5.41, 5.74) is 1.33. The lowest BCUT2D eigenvalue weighted by Gasteiger charge is -2.38. The van der Waals surface area contributed by atoms with Crippen molar-refractivity contribution in [2.24, 2.45) is 0 Å². The van der Waals surface area contributed by atoms with Gasteiger partial charge in [0.2, 0.25) is 0 Å². The van der Waals surface area contributed by atoms with E-state index >= 15 is 0 Å². The third kappa shape index (κ3) is 9.46. The third-order valence-electron chi connectivity index (χ3n) is 6.99. The molecule has 2 nitrogen and oxygen atoms in total. The fraction of sp³-hybridized carbons (Fsp3) is 0.655. The van der Waals surface area contributed by atoms with Crippen LogP contribution < -0.4 is 0 Å². The molecule has 1 aromatic rings. The van der Waals surface area contributed by atoms with Crippen LogP contribution in [0.4, 0.5) is 0 Å². The minimum Gasteiger partial charge on any atom is -0.374 e. The molecule has 0 radical (unpaired) electrons. The highest BCUT2D eigenvalue weighted by Crippen LogP contribution is 2.37. The number of rotatable bonds is 13. The molecule has 1 aromatic carbocycles. The van der Waals surface area contributed by atoms with Crippen molar-refractivity contribution in [3.63, 3.8) is 0 Å². The Bertz CT molecular complexity index is 800. The molecular weight excluding hydrogens is 479 g/mol. The lowest BCUT2D eigenvalue weighted by atomic mass is 10.00. The Morgan fingerprint density at radius 1 is 0.882 bits per heavy atom. The van der Waals surface area contributed by atoms with Gasteiger partial charge in [-0.1, -0.05) is 118 Å². The number of benzene rings is 1. The Kier molecular flexibility index (Phi) is 11.7. The normalized spacial score (nSPS) is 23.8. The molecule has 2 aliphatic heterocycles. The molecule has 0 saturated carbocycles. The summed E-state index contributed by atoms with van der Waals surface area (Å²) in [6, 6.07) is 10.7. The second kappa shape index (κ2) is 14.2. The van der Waals surface area contributed by atoms with Gasteiger partial charge in [0.1, 0.15) is 0 Å².